The highest BCUT2D eigenvalue weighted by atomic mass is 16.5. The van der Waals surface area contributed by atoms with Crippen LogP contribution in [-0.4, -0.2) is 72.6 Å². The van der Waals surface area contributed by atoms with Gasteiger partial charge in [-0.1, -0.05) is 0 Å². The lowest BCUT2D eigenvalue weighted by Gasteiger charge is -2.20. The molecule has 0 aromatic rings. The maximum absolute atomic E-state index is 11.7. The van der Waals surface area contributed by atoms with Gasteiger partial charge < -0.3 is 24.6 Å². The minimum absolute atomic E-state index is 0.0451. The van der Waals surface area contributed by atoms with E-state index in [0.717, 1.165) is 4.90 Å². The van der Waals surface area contributed by atoms with E-state index < -0.39 is 24.0 Å². The Balaban J connectivity index is 2.41. The molecule has 0 radical (unpaired) electrons. The molecule has 1 amide bonds. The molecule has 2 N–H and O–H groups in total. The van der Waals surface area contributed by atoms with Crippen LogP contribution in [0.15, 0.2) is 0 Å². The zero-order valence-electron chi connectivity index (χ0n) is 9.66. The van der Waals surface area contributed by atoms with Crippen LogP contribution >= 0.6 is 0 Å². The van der Waals surface area contributed by atoms with Gasteiger partial charge in [-0.3, -0.25) is 4.79 Å². The fraction of sp³-hybridized carbons (Fsp3) is 0.800. The Bertz CT molecular complexity index is 282. The molecule has 1 rings (SSSR count). The Morgan fingerprint density at radius 1 is 1.41 bits per heavy atom. The van der Waals surface area contributed by atoms with Crippen molar-refractivity contribution in [1.82, 2.24) is 4.90 Å². The van der Waals surface area contributed by atoms with Crippen LogP contribution in [0.2, 0.25) is 0 Å². The number of aliphatic hydroxyl groups excluding tert-OH is 1. The number of likely N-dealkylation sites (tertiary alicyclic amines) is 1. The Morgan fingerprint density at radius 3 is 2.71 bits per heavy atom. The zero-order chi connectivity index (χ0) is 12.8. The summed E-state index contributed by atoms with van der Waals surface area (Å²) < 4.78 is 9.76. The van der Waals surface area contributed by atoms with Gasteiger partial charge in [-0.2, -0.15) is 0 Å². The van der Waals surface area contributed by atoms with Crippen molar-refractivity contribution in [2.24, 2.45) is 0 Å². The lowest BCUT2D eigenvalue weighted by molar-refractivity contribution is -0.150. The van der Waals surface area contributed by atoms with Crippen LogP contribution in [0.5, 0.6) is 0 Å². The topological polar surface area (TPSA) is 96.3 Å². The van der Waals surface area contributed by atoms with E-state index >= 15 is 0 Å². The molecule has 1 aliphatic rings. The molecule has 0 spiro atoms. The molecule has 2 unspecified atom stereocenters. The van der Waals surface area contributed by atoms with E-state index in [1.165, 1.54) is 7.11 Å². The molecule has 0 aromatic heterocycles. The molecule has 0 bridgehead atoms. The van der Waals surface area contributed by atoms with E-state index in [1.54, 1.807) is 0 Å². The molecule has 98 valence electrons. The van der Waals surface area contributed by atoms with Crippen molar-refractivity contribution in [3.63, 3.8) is 0 Å². The Labute approximate surface area is 98.9 Å². The number of carbonyl (C=O) groups is 2. The number of hydrogen-bond donors (Lipinski definition) is 2. The summed E-state index contributed by atoms with van der Waals surface area (Å²) >= 11 is 0. The second kappa shape index (κ2) is 6.53. The Kier molecular flexibility index (Phi) is 5.33. The van der Waals surface area contributed by atoms with Crippen LogP contribution in [0.25, 0.3) is 0 Å². The quantitative estimate of drug-likeness (QED) is 0.566. The molecule has 0 aromatic carbocycles. The summed E-state index contributed by atoms with van der Waals surface area (Å²) in [5.74, 6) is -1.53. The van der Waals surface area contributed by atoms with E-state index in [2.05, 4.69) is 0 Å². The van der Waals surface area contributed by atoms with Crippen LogP contribution in [0.3, 0.4) is 0 Å². The molecule has 0 saturated carbocycles. The van der Waals surface area contributed by atoms with Crippen molar-refractivity contribution in [2.75, 3.05) is 33.5 Å². The van der Waals surface area contributed by atoms with Crippen LogP contribution in [0.1, 0.15) is 6.42 Å². The third-order valence-corrected chi connectivity index (χ3v) is 2.54. The number of β-amino-alcohol motifs (C(OH)–C–C–N with tert-alkyl or cyclic N) is 1. The fourth-order valence-corrected chi connectivity index (χ4v) is 1.71. The molecular weight excluding hydrogens is 230 g/mol. The van der Waals surface area contributed by atoms with Gasteiger partial charge in [0.1, 0.15) is 12.6 Å². The van der Waals surface area contributed by atoms with E-state index in [9.17, 15) is 14.7 Å². The lowest BCUT2D eigenvalue weighted by atomic mass is 10.2. The van der Waals surface area contributed by atoms with Crippen LogP contribution in [0, 0.1) is 0 Å². The minimum Gasteiger partial charge on any atom is -0.480 e. The van der Waals surface area contributed by atoms with E-state index in [1.807, 2.05) is 0 Å². The first kappa shape index (κ1) is 13.9. The molecule has 1 aliphatic heterocycles. The minimum atomic E-state index is -1.10. The fourth-order valence-electron chi connectivity index (χ4n) is 1.71. The summed E-state index contributed by atoms with van der Waals surface area (Å²) in [6, 6.07) is -0.955. The van der Waals surface area contributed by atoms with Gasteiger partial charge in [-0.05, 0) is 0 Å². The van der Waals surface area contributed by atoms with Crippen molar-refractivity contribution >= 4 is 11.9 Å². The maximum atomic E-state index is 11.7. The number of rotatable bonds is 6. The van der Waals surface area contributed by atoms with Crippen molar-refractivity contribution in [3.05, 3.63) is 0 Å². The first-order valence-electron chi connectivity index (χ1n) is 5.33. The van der Waals surface area contributed by atoms with Crippen molar-refractivity contribution < 1.29 is 29.3 Å². The number of methoxy groups -OCH3 is 1. The van der Waals surface area contributed by atoms with Gasteiger partial charge in [-0.15, -0.1) is 0 Å². The molecule has 17 heavy (non-hydrogen) atoms. The third-order valence-electron chi connectivity index (χ3n) is 2.54. The molecule has 7 nitrogen and oxygen atoms in total. The molecular formula is C10H17NO6. The summed E-state index contributed by atoms with van der Waals surface area (Å²) in [5.41, 5.74) is 0. The van der Waals surface area contributed by atoms with Gasteiger partial charge in [0, 0.05) is 20.1 Å². The standard InChI is InChI=1S/C10H17NO6/c1-16-2-3-17-6-9(13)11-5-7(12)4-8(11)10(14)15/h7-8,12H,2-6H2,1H3,(H,14,15). The second-order valence-corrected chi connectivity index (χ2v) is 3.84. The first-order chi connectivity index (χ1) is 8.06. The average Bonchev–Trinajstić information content (AvgIpc) is 2.66. The average molecular weight is 247 g/mol. The maximum Gasteiger partial charge on any atom is 0.326 e. The number of aliphatic carboxylic acids is 1. The van der Waals surface area contributed by atoms with Crippen molar-refractivity contribution in [3.8, 4) is 0 Å². The van der Waals surface area contributed by atoms with E-state index in [4.69, 9.17) is 14.6 Å². The smallest absolute Gasteiger partial charge is 0.326 e. The number of carboxylic acid groups (broad SMARTS) is 1. The van der Waals surface area contributed by atoms with Gasteiger partial charge in [0.15, 0.2) is 0 Å². The molecule has 7 heteroatoms. The summed E-state index contributed by atoms with van der Waals surface area (Å²) in [6.07, 6.45) is -0.710. The van der Waals surface area contributed by atoms with Gasteiger partial charge in [0.05, 0.1) is 19.3 Å². The molecule has 1 saturated heterocycles. The molecule has 0 aliphatic carbocycles. The van der Waals surface area contributed by atoms with Crippen molar-refractivity contribution in [2.45, 2.75) is 18.6 Å². The predicted octanol–water partition coefficient (Wildman–Crippen LogP) is -1.30. The summed E-state index contributed by atoms with van der Waals surface area (Å²) in [4.78, 5) is 23.7. The van der Waals surface area contributed by atoms with Crippen LogP contribution < -0.4 is 0 Å². The van der Waals surface area contributed by atoms with E-state index in [0.29, 0.717) is 6.61 Å². The first-order valence-corrected chi connectivity index (χ1v) is 5.33. The van der Waals surface area contributed by atoms with Gasteiger partial charge in [0.2, 0.25) is 5.91 Å². The summed E-state index contributed by atoms with van der Waals surface area (Å²) in [7, 11) is 1.52. The number of carboxylic acids is 1. The lowest BCUT2D eigenvalue weighted by Crippen LogP contribution is -2.42. The van der Waals surface area contributed by atoms with Gasteiger partial charge >= 0.3 is 5.97 Å². The number of amides is 1. The number of hydrogen-bond acceptors (Lipinski definition) is 5. The van der Waals surface area contributed by atoms with Crippen LogP contribution in [0.4, 0.5) is 0 Å². The van der Waals surface area contributed by atoms with E-state index in [-0.39, 0.29) is 26.2 Å². The largest absolute Gasteiger partial charge is 0.480 e. The summed E-state index contributed by atoms with van der Waals surface area (Å²) in [5, 5.41) is 18.3. The monoisotopic (exact) mass is 247 g/mol. The molecule has 1 fully saturated rings. The van der Waals surface area contributed by atoms with Crippen LogP contribution in [-0.2, 0) is 19.1 Å². The normalized spacial score (nSPS) is 24.0. The number of aliphatic hydroxyl groups is 1. The Morgan fingerprint density at radius 2 is 2.12 bits per heavy atom. The van der Waals surface area contributed by atoms with Crippen molar-refractivity contribution in [1.29, 1.82) is 0 Å². The SMILES string of the molecule is COCCOCC(=O)N1CC(O)CC1C(=O)O. The van der Waals surface area contributed by atoms with Gasteiger partial charge in [0.25, 0.3) is 0 Å². The van der Waals surface area contributed by atoms with Gasteiger partial charge in [-0.25, -0.2) is 4.79 Å². The number of nitrogens with zero attached hydrogens (tertiary/aromatic N) is 1. The Hall–Kier alpha value is -1.18. The molecule has 1 heterocycles. The highest BCUT2D eigenvalue weighted by Crippen LogP contribution is 2.18. The zero-order valence-corrected chi connectivity index (χ0v) is 9.66. The number of ether oxygens (including phenoxy) is 2. The molecule has 2 atom stereocenters. The summed E-state index contributed by atoms with van der Waals surface area (Å²) in [6.45, 7) is 0.498. The second-order valence-electron chi connectivity index (χ2n) is 3.84. The third kappa shape index (κ3) is 3.95. The highest BCUT2D eigenvalue weighted by Gasteiger charge is 2.38. The highest BCUT2D eigenvalue weighted by molar-refractivity contribution is 5.85. The predicted molar refractivity (Wildman–Crippen MR) is 56.5 cm³/mol. The number of carbonyl (C=O) groups excluding carboxylic acids is 1.